The highest BCUT2D eigenvalue weighted by Crippen LogP contribution is 2.42. The van der Waals surface area contributed by atoms with Gasteiger partial charge in [-0.15, -0.1) is 10.2 Å². The zero-order valence-corrected chi connectivity index (χ0v) is 13.7. The van der Waals surface area contributed by atoms with Crippen molar-refractivity contribution in [2.24, 2.45) is 11.3 Å². The molecule has 2 aliphatic rings. The lowest BCUT2D eigenvalue weighted by atomic mass is 9.82. The van der Waals surface area contributed by atoms with Crippen LogP contribution in [0.2, 0.25) is 0 Å². The number of rotatable bonds is 4. The molecular weight excluding hydrogens is 306 g/mol. The van der Waals surface area contributed by atoms with Gasteiger partial charge >= 0.3 is 0 Å². The average molecular weight is 327 g/mol. The van der Waals surface area contributed by atoms with Crippen molar-refractivity contribution in [2.75, 3.05) is 44.9 Å². The summed E-state index contributed by atoms with van der Waals surface area (Å²) in [5.74, 6) is 1.99. The second-order valence-electron chi connectivity index (χ2n) is 6.59. The smallest absolute Gasteiger partial charge is 0.151 e. The van der Waals surface area contributed by atoms with E-state index < -0.39 is 0 Å². The Morgan fingerprint density at radius 1 is 1.29 bits per heavy atom. The molecule has 0 amide bonds. The van der Waals surface area contributed by atoms with Gasteiger partial charge in [0.15, 0.2) is 5.82 Å². The van der Waals surface area contributed by atoms with Gasteiger partial charge < -0.3 is 19.5 Å². The molecule has 1 aromatic heterocycles. The minimum atomic E-state index is -0.150. The Labute approximate surface area is 141 Å². The van der Waals surface area contributed by atoms with Crippen LogP contribution in [-0.2, 0) is 4.74 Å². The van der Waals surface area contributed by atoms with Crippen molar-refractivity contribution >= 4 is 5.82 Å². The molecule has 2 saturated heterocycles. The summed E-state index contributed by atoms with van der Waals surface area (Å²) in [6, 6.07) is 11.7. The highest BCUT2D eigenvalue weighted by Gasteiger charge is 2.50. The van der Waals surface area contributed by atoms with Crippen LogP contribution in [0.25, 0.3) is 11.3 Å². The van der Waals surface area contributed by atoms with E-state index in [1.54, 1.807) is 7.11 Å². The van der Waals surface area contributed by atoms with Crippen molar-refractivity contribution in [3.8, 4) is 17.0 Å². The Bertz CT molecular complexity index is 722. The van der Waals surface area contributed by atoms with Crippen LogP contribution in [0.5, 0.6) is 5.75 Å². The lowest BCUT2D eigenvalue weighted by Crippen LogP contribution is -2.34. The third-order valence-corrected chi connectivity index (χ3v) is 5.19. The number of fused-ring (bicyclic) bond motifs is 1. The number of aliphatic hydroxyl groups is 1. The zero-order chi connectivity index (χ0) is 16.6. The van der Waals surface area contributed by atoms with Gasteiger partial charge in [0, 0.05) is 30.0 Å². The summed E-state index contributed by atoms with van der Waals surface area (Å²) < 4.78 is 10.9. The van der Waals surface area contributed by atoms with Crippen molar-refractivity contribution < 1.29 is 14.6 Å². The molecule has 4 rings (SSSR count). The van der Waals surface area contributed by atoms with Gasteiger partial charge in [-0.25, -0.2) is 0 Å². The number of para-hydroxylation sites is 1. The number of aliphatic hydroxyl groups excluding tert-OH is 1. The number of methoxy groups -OCH3 is 1. The molecule has 0 aliphatic carbocycles. The van der Waals surface area contributed by atoms with Gasteiger partial charge in [-0.05, 0) is 24.3 Å². The molecule has 0 saturated carbocycles. The molecule has 6 heteroatoms. The van der Waals surface area contributed by atoms with Crippen molar-refractivity contribution in [3.05, 3.63) is 36.4 Å². The van der Waals surface area contributed by atoms with Gasteiger partial charge in [0.25, 0.3) is 0 Å². The van der Waals surface area contributed by atoms with Crippen molar-refractivity contribution in [1.82, 2.24) is 10.2 Å². The maximum atomic E-state index is 9.79. The topological polar surface area (TPSA) is 67.7 Å². The molecule has 24 heavy (non-hydrogen) atoms. The summed E-state index contributed by atoms with van der Waals surface area (Å²) in [5.41, 5.74) is 1.57. The predicted octanol–water partition coefficient (Wildman–Crippen LogP) is 1.60. The van der Waals surface area contributed by atoms with Crippen LogP contribution in [0.15, 0.2) is 36.4 Å². The van der Waals surface area contributed by atoms with Crippen LogP contribution < -0.4 is 9.64 Å². The third kappa shape index (κ3) is 2.42. The lowest BCUT2D eigenvalue weighted by molar-refractivity contribution is 0.0989. The number of hydrogen-bond acceptors (Lipinski definition) is 6. The summed E-state index contributed by atoms with van der Waals surface area (Å²) in [4.78, 5) is 2.20. The summed E-state index contributed by atoms with van der Waals surface area (Å²) in [6.07, 6.45) is 0. The van der Waals surface area contributed by atoms with Crippen LogP contribution >= 0.6 is 0 Å². The SMILES string of the molecule is COc1ccccc1-c1ccc(N2C[C@H]3COC[C@@]3(CO)C2)nn1. The number of hydrogen-bond donors (Lipinski definition) is 1. The van der Waals surface area contributed by atoms with Crippen LogP contribution in [0, 0.1) is 11.3 Å². The van der Waals surface area contributed by atoms with E-state index in [0.717, 1.165) is 35.9 Å². The summed E-state index contributed by atoms with van der Waals surface area (Å²) >= 11 is 0. The first-order valence-electron chi connectivity index (χ1n) is 8.16. The summed E-state index contributed by atoms with van der Waals surface area (Å²) in [7, 11) is 1.65. The molecule has 0 bridgehead atoms. The number of aromatic nitrogens is 2. The molecule has 2 fully saturated rings. The van der Waals surface area contributed by atoms with Crippen LogP contribution in [0.4, 0.5) is 5.82 Å². The fraction of sp³-hybridized carbons (Fsp3) is 0.444. The second-order valence-corrected chi connectivity index (χ2v) is 6.59. The fourth-order valence-electron chi connectivity index (χ4n) is 3.72. The Hall–Kier alpha value is -2.18. The van der Waals surface area contributed by atoms with Gasteiger partial charge in [0.2, 0.25) is 0 Å². The molecule has 0 unspecified atom stereocenters. The molecule has 1 aromatic carbocycles. The first-order valence-corrected chi connectivity index (χ1v) is 8.16. The monoisotopic (exact) mass is 327 g/mol. The molecule has 2 aliphatic heterocycles. The first kappa shape index (κ1) is 15.4. The van der Waals surface area contributed by atoms with Gasteiger partial charge in [0.1, 0.15) is 5.75 Å². The van der Waals surface area contributed by atoms with E-state index in [1.807, 2.05) is 36.4 Å². The standard InChI is InChI=1S/C18H21N3O3/c1-23-16-5-3-2-4-14(16)15-6-7-17(20-19-15)21-8-13-9-24-12-18(13,10-21)11-22/h2-7,13,22H,8-12H2,1H3/t13-,18-/m0/s1. The highest BCUT2D eigenvalue weighted by molar-refractivity contribution is 5.67. The molecular formula is C18H21N3O3. The van der Waals surface area contributed by atoms with E-state index in [0.29, 0.717) is 19.1 Å². The predicted molar refractivity (Wildman–Crippen MR) is 90.1 cm³/mol. The Morgan fingerprint density at radius 3 is 2.88 bits per heavy atom. The van der Waals surface area contributed by atoms with Crippen molar-refractivity contribution in [3.63, 3.8) is 0 Å². The number of nitrogens with zero attached hydrogens (tertiary/aromatic N) is 3. The molecule has 1 N–H and O–H groups in total. The van der Waals surface area contributed by atoms with E-state index in [1.165, 1.54) is 0 Å². The molecule has 3 heterocycles. The van der Waals surface area contributed by atoms with Crippen LogP contribution in [-0.4, -0.2) is 55.3 Å². The average Bonchev–Trinajstić information content (AvgIpc) is 3.19. The third-order valence-electron chi connectivity index (χ3n) is 5.19. The van der Waals surface area contributed by atoms with Crippen molar-refractivity contribution in [1.29, 1.82) is 0 Å². The molecule has 2 aromatic rings. The molecule has 2 atom stereocenters. The van der Waals surface area contributed by atoms with Gasteiger partial charge in [-0.3, -0.25) is 0 Å². The number of anilines is 1. The van der Waals surface area contributed by atoms with E-state index >= 15 is 0 Å². The normalized spacial score (nSPS) is 25.8. The maximum Gasteiger partial charge on any atom is 0.151 e. The zero-order valence-electron chi connectivity index (χ0n) is 13.7. The largest absolute Gasteiger partial charge is 0.496 e. The molecule has 0 spiro atoms. The fourth-order valence-corrected chi connectivity index (χ4v) is 3.72. The van der Waals surface area contributed by atoms with E-state index in [2.05, 4.69) is 15.1 Å². The Balaban J connectivity index is 1.57. The lowest BCUT2D eigenvalue weighted by Gasteiger charge is -2.24. The maximum absolute atomic E-state index is 9.79. The van der Waals surface area contributed by atoms with Gasteiger partial charge in [-0.2, -0.15) is 0 Å². The van der Waals surface area contributed by atoms with E-state index in [4.69, 9.17) is 9.47 Å². The van der Waals surface area contributed by atoms with Gasteiger partial charge in [-0.1, -0.05) is 12.1 Å². The summed E-state index contributed by atoms with van der Waals surface area (Å²) in [6.45, 7) is 3.10. The minimum absolute atomic E-state index is 0.150. The summed E-state index contributed by atoms with van der Waals surface area (Å²) in [5, 5.41) is 18.6. The van der Waals surface area contributed by atoms with Gasteiger partial charge in [0.05, 0.1) is 32.6 Å². The molecule has 0 radical (unpaired) electrons. The quantitative estimate of drug-likeness (QED) is 0.920. The van der Waals surface area contributed by atoms with E-state index in [-0.39, 0.29) is 12.0 Å². The molecule has 126 valence electrons. The van der Waals surface area contributed by atoms with Crippen LogP contribution in [0.1, 0.15) is 0 Å². The molecule has 6 nitrogen and oxygen atoms in total. The number of ether oxygens (including phenoxy) is 2. The Kier molecular flexibility index (Phi) is 3.86. The van der Waals surface area contributed by atoms with Crippen LogP contribution in [0.3, 0.4) is 0 Å². The van der Waals surface area contributed by atoms with Crippen molar-refractivity contribution in [2.45, 2.75) is 0 Å². The first-order chi connectivity index (χ1) is 11.8. The number of benzene rings is 1. The second kappa shape index (κ2) is 6.03. The minimum Gasteiger partial charge on any atom is -0.496 e. The highest BCUT2D eigenvalue weighted by atomic mass is 16.5. The van der Waals surface area contributed by atoms with E-state index in [9.17, 15) is 5.11 Å². The Morgan fingerprint density at radius 2 is 2.17 bits per heavy atom.